The number of aromatic nitrogens is 2. The summed E-state index contributed by atoms with van der Waals surface area (Å²) in [6.07, 6.45) is 3.33. The third kappa shape index (κ3) is 5.03. The zero-order chi connectivity index (χ0) is 15.3. The second kappa shape index (κ2) is 7.30. The minimum Gasteiger partial charge on any atom is -0.378 e. The second-order valence-electron chi connectivity index (χ2n) is 5.02. The lowest BCUT2D eigenvalue weighted by molar-refractivity contribution is 0.0223. The molecular weight excluding hydrogens is 298 g/mol. The smallest absolute Gasteiger partial charge is 0.252 e. The van der Waals surface area contributed by atoms with Crippen molar-refractivity contribution in [3.63, 3.8) is 0 Å². The molecular formula is C12H21N3O5S. The zero-order valence-electron chi connectivity index (χ0n) is 12.3. The third-order valence-corrected chi connectivity index (χ3v) is 4.63. The van der Waals surface area contributed by atoms with Gasteiger partial charge < -0.3 is 14.0 Å². The van der Waals surface area contributed by atoms with Crippen molar-refractivity contribution in [3.05, 3.63) is 11.7 Å². The van der Waals surface area contributed by atoms with Crippen molar-refractivity contribution in [3.8, 4) is 0 Å². The second-order valence-corrected chi connectivity index (χ2v) is 7.00. The van der Waals surface area contributed by atoms with Crippen molar-refractivity contribution in [2.24, 2.45) is 0 Å². The molecule has 0 atom stereocenters. The largest absolute Gasteiger partial charge is 0.378 e. The highest BCUT2D eigenvalue weighted by molar-refractivity contribution is 7.88. The van der Waals surface area contributed by atoms with Gasteiger partial charge in [-0.05, 0) is 12.8 Å². The maximum atomic E-state index is 11.4. The van der Waals surface area contributed by atoms with E-state index in [4.69, 9.17) is 14.0 Å². The molecule has 1 aliphatic rings. The molecule has 8 nitrogen and oxygen atoms in total. The molecule has 1 saturated heterocycles. The monoisotopic (exact) mass is 319 g/mol. The van der Waals surface area contributed by atoms with Crippen molar-refractivity contribution >= 4 is 10.0 Å². The van der Waals surface area contributed by atoms with Gasteiger partial charge in [-0.15, -0.1) is 0 Å². The van der Waals surface area contributed by atoms with Gasteiger partial charge in [0.2, 0.25) is 10.0 Å². The molecule has 0 bridgehead atoms. The topological polar surface area (TPSA) is 94.8 Å². The maximum Gasteiger partial charge on any atom is 0.252 e. The van der Waals surface area contributed by atoms with Gasteiger partial charge in [0, 0.05) is 26.6 Å². The normalized spacial score (nSPS) is 18.2. The summed E-state index contributed by atoms with van der Waals surface area (Å²) in [5, 5.41) is 3.83. The lowest BCUT2D eigenvalue weighted by Crippen LogP contribution is -2.40. The van der Waals surface area contributed by atoms with Crippen molar-refractivity contribution in [2.75, 3.05) is 33.1 Å². The van der Waals surface area contributed by atoms with Crippen LogP contribution in [-0.2, 0) is 32.5 Å². The molecule has 2 rings (SSSR count). The van der Waals surface area contributed by atoms with Crippen LogP contribution < -0.4 is 0 Å². The van der Waals surface area contributed by atoms with Gasteiger partial charge >= 0.3 is 0 Å². The fourth-order valence-electron chi connectivity index (χ4n) is 2.22. The van der Waals surface area contributed by atoms with Gasteiger partial charge in [0.15, 0.2) is 5.82 Å². The molecule has 9 heteroatoms. The maximum absolute atomic E-state index is 11.4. The van der Waals surface area contributed by atoms with Crippen LogP contribution in [-0.4, -0.2) is 62.0 Å². The van der Waals surface area contributed by atoms with Crippen molar-refractivity contribution in [2.45, 2.75) is 32.0 Å². The van der Waals surface area contributed by atoms with Crippen molar-refractivity contribution < 1.29 is 22.4 Å². The highest BCUT2D eigenvalue weighted by Gasteiger charge is 2.25. The highest BCUT2D eigenvalue weighted by Crippen LogP contribution is 2.16. The number of hydrogen-bond donors (Lipinski definition) is 0. The molecule has 1 aliphatic heterocycles. The third-order valence-electron chi connectivity index (χ3n) is 3.33. The van der Waals surface area contributed by atoms with Crippen molar-refractivity contribution in [1.29, 1.82) is 0 Å². The average Bonchev–Trinajstić information content (AvgIpc) is 2.86. The van der Waals surface area contributed by atoms with E-state index in [0.717, 1.165) is 0 Å². The first kappa shape index (κ1) is 16.3. The zero-order valence-corrected chi connectivity index (χ0v) is 13.1. The molecule has 21 heavy (non-hydrogen) atoms. The lowest BCUT2D eigenvalue weighted by atomic mass is 10.1. The molecule has 2 heterocycles. The molecule has 1 fully saturated rings. The summed E-state index contributed by atoms with van der Waals surface area (Å²) in [7, 11) is -1.52. The summed E-state index contributed by atoms with van der Waals surface area (Å²) in [5.41, 5.74) is 0. The van der Waals surface area contributed by atoms with Gasteiger partial charge in [-0.1, -0.05) is 5.16 Å². The van der Waals surface area contributed by atoms with Crippen LogP contribution in [0.15, 0.2) is 4.52 Å². The predicted octanol–water partition coefficient (Wildman–Crippen LogP) is 0.199. The molecule has 0 N–H and O–H groups in total. The molecule has 0 radical (unpaired) electrons. The van der Waals surface area contributed by atoms with Gasteiger partial charge in [-0.2, -0.15) is 4.98 Å². The predicted molar refractivity (Wildman–Crippen MR) is 74.1 cm³/mol. The summed E-state index contributed by atoms with van der Waals surface area (Å²) in [6.45, 7) is 1.83. The quantitative estimate of drug-likeness (QED) is 0.708. The van der Waals surface area contributed by atoms with Crippen LogP contribution in [0.1, 0.15) is 24.6 Å². The Balaban J connectivity index is 1.68. The first-order valence-corrected chi connectivity index (χ1v) is 8.71. The van der Waals surface area contributed by atoms with Crippen molar-refractivity contribution in [1.82, 2.24) is 14.4 Å². The summed E-state index contributed by atoms with van der Waals surface area (Å²) in [4.78, 5) is 4.16. The Labute approximate surface area is 124 Å². The number of ether oxygens (including phenoxy) is 2. The number of nitrogens with zero attached hydrogens (tertiary/aromatic N) is 3. The Hall–Kier alpha value is -1.03. The van der Waals surface area contributed by atoms with E-state index in [1.807, 2.05) is 0 Å². The Morgan fingerprint density at radius 3 is 2.71 bits per heavy atom. The Morgan fingerprint density at radius 1 is 1.38 bits per heavy atom. The van der Waals surface area contributed by atoms with Gasteiger partial charge in [-0.3, -0.25) is 0 Å². The van der Waals surface area contributed by atoms with E-state index in [9.17, 15) is 8.42 Å². The Kier molecular flexibility index (Phi) is 5.68. The van der Waals surface area contributed by atoms with E-state index in [-0.39, 0.29) is 6.10 Å². The van der Waals surface area contributed by atoms with Crippen LogP contribution in [0.5, 0.6) is 0 Å². The van der Waals surface area contributed by atoms with E-state index in [2.05, 4.69) is 10.1 Å². The first-order valence-electron chi connectivity index (χ1n) is 6.86. The molecule has 0 unspecified atom stereocenters. The summed E-state index contributed by atoms with van der Waals surface area (Å²) in [6, 6.07) is 0. The number of hydrogen-bond acceptors (Lipinski definition) is 7. The van der Waals surface area contributed by atoms with Crippen LogP contribution in [0.25, 0.3) is 0 Å². The minimum absolute atomic E-state index is 0.0911. The highest BCUT2D eigenvalue weighted by atomic mass is 32.2. The molecule has 1 aromatic heterocycles. The van der Waals surface area contributed by atoms with E-state index < -0.39 is 10.0 Å². The Bertz CT molecular complexity index is 537. The number of rotatable bonds is 7. The van der Waals surface area contributed by atoms with Crippen LogP contribution in [0.3, 0.4) is 0 Å². The summed E-state index contributed by atoms with van der Waals surface area (Å²) in [5.74, 6) is 1.05. The number of methoxy groups -OCH3 is 1. The molecule has 120 valence electrons. The number of piperidine rings is 1. The standard InChI is InChI=1S/C12H21N3O5S/c1-18-9-12-13-11(14-20-12)5-8-19-10-3-6-15(7-4-10)21(2,16)17/h10H,3-9H2,1-2H3. The average molecular weight is 319 g/mol. The van der Waals surface area contributed by atoms with E-state index in [1.165, 1.54) is 10.6 Å². The van der Waals surface area contributed by atoms with E-state index >= 15 is 0 Å². The number of sulfonamides is 1. The van der Waals surface area contributed by atoms with Crippen LogP contribution in [0.4, 0.5) is 0 Å². The fraction of sp³-hybridized carbons (Fsp3) is 0.833. The lowest BCUT2D eigenvalue weighted by Gasteiger charge is -2.30. The molecule has 0 saturated carbocycles. The molecule has 0 spiro atoms. The van der Waals surface area contributed by atoms with Crippen LogP contribution in [0, 0.1) is 0 Å². The minimum atomic E-state index is -3.08. The van der Waals surface area contributed by atoms with Crippen LogP contribution >= 0.6 is 0 Å². The first-order chi connectivity index (χ1) is 9.99. The van der Waals surface area contributed by atoms with Gasteiger partial charge in [0.1, 0.15) is 6.61 Å². The van der Waals surface area contributed by atoms with Crippen LogP contribution in [0.2, 0.25) is 0 Å². The Morgan fingerprint density at radius 2 is 2.10 bits per heavy atom. The molecule has 0 amide bonds. The van der Waals surface area contributed by atoms with Gasteiger partial charge in [0.05, 0.1) is 19.0 Å². The summed E-state index contributed by atoms with van der Waals surface area (Å²) >= 11 is 0. The van der Waals surface area contributed by atoms with Gasteiger partial charge in [0.25, 0.3) is 5.89 Å². The van der Waals surface area contributed by atoms with E-state index in [1.54, 1.807) is 7.11 Å². The SMILES string of the molecule is COCc1nc(CCOC2CCN(S(C)(=O)=O)CC2)no1. The van der Waals surface area contributed by atoms with Gasteiger partial charge in [-0.25, -0.2) is 12.7 Å². The molecule has 1 aromatic rings. The summed E-state index contributed by atoms with van der Waals surface area (Å²) < 4.78 is 39.9. The molecule has 0 aliphatic carbocycles. The fourth-order valence-corrected chi connectivity index (χ4v) is 3.10. The van der Waals surface area contributed by atoms with E-state index in [0.29, 0.717) is 57.3 Å². The molecule has 0 aromatic carbocycles.